The number of hydrogen-bond acceptors (Lipinski definition) is 8. The van der Waals surface area contributed by atoms with E-state index in [-0.39, 0.29) is 5.91 Å². The van der Waals surface area contributed by atoms with Gasteiger partial charge in [-0.3, -0.25) is 10.1 Å². The molecular weight excluding hydrogens is 416 g/mol. The highest BCUT2D eigenvalue weighted by Crippen LogP contribution is 2.32. The van der Waals surface area contributed by atoms with Crippen molar-refractivity contribution in [2.45, 2.75) is 40.9 Å². The molecule has 0 spiro atoms. The van der Waals surface area contributed by atoms with Crippen LogP contribution in [0.15, 0.2) is 33.8 Å². The maximum Gasteiger partial charge on any atom is 0.321 e. The van der Waals surface area contributed by atoms with Gasteiger partial charge < -0.3 is 9.88 Å². The first kappa shape index (κ1) is 20.6. The topological polar surface area (TPSA) is 102 Å². The molecule has 0 bridgehead atoms. The van der Waals surface area contributed by atoms with Crippen molar-refractivity contribution < 1.29 is 9.59 Å². The van der Waals surface area contributed by atoms with Crippen LogP contribution in [0.5, 0.6) is 0 Å². The number of para-hydroxylation sites is 1. The van der Waals surface area contributed by atoms with E-state index >= 15 is 0 Å². The van der Waals surface area contributed by atoms with E-state index in [4.69, 9.17) is 0 Å². The largest absolute Gasteiger partial charge is 0.341 e. The van der Waals surface area contributed by atoms with Crippen molar-refractivity contribution >= 4 is 57.0 Å². The minimum absolute atomic E-state index is 0.375. The molecule has 0 saturated heterocycles. The molecule has 0 saturated carbocycles. The number of thioether (sulfide) groups is 2. The Labute approximate surface area is 174 Å². The number of amides is 3. The number of thiazole rings is 1. The highest BCUT2D eigenvalue weighted by atomic mass is 32.2. The zero-order valence-electron chi connectivity index (χ0n) is 15.6. The zero-order valence-corrected chi connectivity index (χ0v) is 18.1. The highest BCUT2D eigenvalue weighted by Gasteiger charge is 2.21. The van der Waals surface area contributed by atoms with Crippen LogP contribution >= 0.6 is 34.9 Å². The van der Waals surface area contributed by atoms with Gasteiger partial charge in [-0.05, 0) is 26.0 Å². The van der Waals surface area contributed by atoms with Crippen LogP contribution in [-0.4, -0.2) is 44.0 Å². The number of fused-ring (bicyclic) bond motifs is 1. The van der Waals surface area contributed by atoms with Crippen LogP contribution in [-0.2, 0) is 17.1 Å². The lowest BCUT2D eigenvalue weighted by molar-refractivity contribution is -0.119. The Balaban J connectivity index is 1.65. The predicted molar refractivity (Wildman–Crippen MR) is 113 cm³/mol. The van der Waals surface area contributed by atoms with Crippen LogP contribution in [0.3, 0.4) is 0 Å². The van der Waals surface area contributed by atoms with Gasteiger partial charge in [0.15, 0.2) is 9.50 Å². The van der Waals surface area contributed by atoms with Gasteiger partial charge in [0.2, 0.25) is 5.91 Å². The third-order valence-electron chi connectivity index (χ3n) is 3.82. The molecule has 0 fully saturated rings. The minimum Gasteiger partial charge on any atom is -0.341 e. The fourth-order valence-electron chi connectivity index (χ4n) is 2.36. The Kier molecular flexibility index (Phi) is 6.92. The second-order valence-corrected chi connectivity index (χ2v) is 9.27. The second kappa shape index (κ2) is 9.39. The number of rotatable bonds is 7. The van der Waals surface area contributed by atoms with E-state index in [2.05, 4.69) is 31.9 Å². The van der Waals surface area contributed by atoms with Crippen LogP contribution in [0.4, 0.5) is 4.79 Å². The van der Waals surface area contributed by atoms with Crippen molar-refractivity contribution in [1.29, 1.82) is 0 Å². The van der Waals surface area contributed by atoms with Gasteiger partial charge in [-0.25, -0.2) is 9.78 Å². The normalized spacial score (nSPS) is 12.1. The summed E-state index contributed by atoms with van der Waals surface area (Å²) >= 11 is 4.56. The van der Waals surface area contributed by atoms with Gasteiger partial charge in [0, 0.05) is 13.6 Å². The second-order valence-electron chi connectivity index (χ2n) is 5.71. The lowest BCUT2D eigenvalue weighted by atomic mass is 10.3. The summed E-state index contributed by atoms with van der Waals surface area (Å²) in [5.74, 6) is 1.09. The number of aromatic nitrogens is 4. The van der Waals surface area contributed by atoms with E-state index in [0.717, 1.165) is 20.4 Å². The average molecular weight is 437 g/mol. The van der Waals surface area contributed by atoms with Gasteiger partial charge >= 0.3 is 6.03 Å². The Hall–Kier alpha value is -2.11. The standard InChI is InChI=1S/C17H20N6O2S3/c1-4-23-13(9-26-17-19-11-7-5-6-8-12(11)28-17)21-22-16(23)27-10(2)14(24)20-15(25)18-3/h5-8,10H,4,9H2,1-3H3,(H2,18,20,24,25). The number of carbonyl (C=O) groups is 2. The number of carbonyl (C=O) groups excluding carboxylic acids is 2. The quantitative estimate of drug-likeness (QED) is 0.549. The summed E-state index contributed by atoms with van der Waals surface area (Å²) in [5.41, 5.74) is 0.999. The van der Waals surface area contributed by atoms with Crippen LogP contribution in [0.2, 0.25) is 0 Å². The summed E-state index contributed by atoms with van der Waals surface area (Å²) < 4.78 is 4.13. The SMILES string of the molecule is CCn1c(CSc2nc3ccccc3s2)nnc1SC(C)C(=O)NC(=O)NC. The molecule has 1 atom stereocenters. The molecule has 1 unspecified atom stereocenters. The molecule has 11 heteroatoms. The summed E-state index contributed by atoms with van der Waals surface area (Å²) in [6, 6.07) is 7.53. The zero-order chi connectivity index (χ0) is 20.1. The Morgan fingerprint density at radius 2 is 2.07 bits per heavy atom. The molecule has 2 N–H and O–H groups in total. The molecule has 0 aliphatic rings. The molecule has 3 aromatic rings. The molecule has 8 nitrogen and oxygen atoms in total. The minimum atomic E-state index is -0.526. The Morgan fingerprint density at radius 3 is 2.79 bits per heavy atom. The molecule has 0 aliphatic carbocycles. The van der Waals surface area contributed by atoms with Crippen molar-refractivity contribution in [2.24, 2.45) is 0 Å². The smallest absolute Gasteiger partial charge is 0.321 e. The van der Waals surface area contributed by atoms with Crippen molar-refractivity contribution in [3.63, 3.8) is 0 Å². The van der Waals surface area contributed by atoms with E-state index < -0.39 is 11.3 Å². The van der Waals surface area contributed by atoms with Crippen LogP contribution in [0, 0.1) is 0 Å². The van der Waals surface area contributed by atoms with Gasteiger partial charge in [0.05, 0.1) is 21.2 Å². The molecule has 1 aromatic carbocycles. The number of benzene rings is 1. The van der Waals surface area contributed by atoms with Crippen molar-refractivity contribution in [1.82, 2.24) is 30.4 Å². The molecule has 0 radical (unpaired) electrons. The molecular formula is C17H20N6O2S3. The molecule has 2 heterocycles. The maximum absolute atomic E-state index is 12.1. The molecule has 28 heavy (non-hydrogen) atoms. The molecule has 148 valence electrons. The number of imide groups is 1. The molecule has 3 rings (SSSR count). The summed E-state index contributed by atoms with van der Waals surface area (Å²) in [7, 11) is 1.46. The summed E-state index contributed by atoms with van der Waals surface area (Å²) in [6.45, 7) is 4.43. The van der Waals surface area contributed by atoms with Gasteiger partial charge in [0.25, 0.3) is 0 Å². The number of hydrogen-bond donors (Lipinski definition) is 2. The fraction of sp³-hybridized carbons (Fsp3) is 0.353. The van der Waals surface area contributed by atoms with Gasteiger partial charge in [-0.1, -0.05) is 35.7 Å². The lowest BCUT2D eigenvalue weighted by Crippen LogP contribution is -2.41. The lowest BCUT2D eigenvalue weighted by Gasteiger charge is -2.11. The number of nitrogens with zero attached hydrogens (tertiary/aromatic N) is 4. The van der Waals surface area contributed by atoms with Crippen molar-refractivity contribution in [3.8, 4) is 0 Å². The first-order valence-electron chi connectivity index (χ1n) is 8.61. The van der Waals surface area contributed by atoms with Crippen LogP contribution < -0.4 is 10.6 Å². The Morgan fingerprint density at radius 1 is 1.29 bits per heavy atom. The van der Waals surface area contributed by atoms with Crippen LogP contribution in [0.1, 0.15) is 19.7 Å². The van der Waals surface area contributed by atoms with E-state index in [9.17, 15) is 9.59 Å². The van der Waals surface area contributed by atoms with E-state index in [1.165, 1.54) is 18.8 Å². The van der Waals surface area contributed by atoms with Gasteiger partial charge in [0.1, 0.15) is 5.82 Å². The molecule has 3 amide bonds. The van der Waals surface area contributed by atoms with Crippen molar-refractivity contribution in [3.05, 3.63) is 30.1 Å². The average Bonchev–Trinajstić information content (AvgIpc) is 3.28. The summed E-state index contributed by atoms with van der Waals surface area (Å²) in [4.78, 5) is 28.0. The Bertz CT molecular complexity index is 953. The van der Waals surface area contributed by atoms with E-state index in [0.29, 0.717) is 17.5 Å². The highest BCUT2D eigenvalue weighted by molar-refractivity contribution is 8.00. The van der Waals surface area contributed by atoms with Gasteiger partial charge in [-0.2, -0.15) is 0 Å². The molecule has 2 aromatic heterocycles. The number of urea groups is 1. The molecule has 0 aliphatic heterocycles. The fourth-order valence-corrected chi connectivity index (χ4v) is 5.30. The monoisotopic (exact) mass is 436 g/mol. The first-order valence-corrected chi connectivity index (χ1v) is 11.3. The predicted octanol–water partition coefficient (Wildman–Crippen LogP) is 3.14. The maximum atomic E-state index is 12.1. The summed E-state index contributed by atoms with van der Waals surface area (Å²) in [6.07, 6.45) is 0. The first-order chi connectivity index (χ1) is 13.5. The third-order valence-corrected chi connectivity index (χ3v) is 7.08. The third kappa shape index (κ3) is 4.83. The van der Waals surface area contributed by atoms with E-state index in [1.54, 1.807) is 30.0 Å². The summed E-state index contributed by atoms with van der Waals surface area (Å²) in [5, 5.41) is 13.3. The van der Waals surface area contributed by atoms with Gasteiger partial charge in [-0.15, -0.1) is 21.5 Å². The van der Waals surface area contributed by atoms with Crippen LogP contribution in [0.25, 0.3) is 10.2 Å². The van der Waals surface area contributed by atoms with E-state index in [1.807, 2.05) is 29.7 Å². The number of nitrogens with one attached hydrogen (secondary N) is 2. The van der Waals surface area contributed by atoms with Crippen molar-refractivity contribution in [2.75, 3.05) is 7.05 Å².